The van der Waals surface area contributed by atoms with Gasteiger partial charge in [0.1, 0.15) is 0 Å². The summed E-state index contributed by atoms with van der Waals surface area (Å²) in [6, 6.07) is 9.24. The minimum absolute atomic E-state index is 0.0976. The molecule has 2 aliphatic rings. The van der Waals surface area contributed by atoms with Crippen LogP contribution in [0.3, 0.4) is 0 Å². The number of carbonyl (C=O) groups excluding carboxylic acids is 2. The lowest BCUT2D eigenvalue weighted by atomic mass is 9.96. The van der Waals surface area contributed by atoms with E-state index in [4.69, 9.17) is 0 Å². The molecule has 1 aromatic carbocycles. The number of carbonyl (C=O) groups is 2. The number of rotatable bonds is 3. The molecule has 2 fully saturated rings. The molecule has 1 aliphatic heterocycles. The van der Waals surface area contributed by atoms with Crippen molar-refractivity contribution >= 4 is 17.5 Å². The fraction of sp³-hybridized carbons (Fsp3) is 0.556. The predicted molar refractivity (Wildman–Crippen MR) is 86.6 cm³/mol. The first-order chi connectivity index (χ1) is 10.8. The number of hydrogen-bond acceptors (Lipinski definition) is 3. The molecule has 2 amide bonds. The standard InChI is InChI=1S/C18H24N2O2/c21-17-13-16(19-14-9-5-2-1-3-6-10-14)18(22)20(17)15-11-7-4-8-12-15/h4,7-8,11-12,14,16,19H,1-3,5-6,9-10,13H2/t16-/m0/s1. The van der Waals surface area contributed by atoms with Gasteiger partial charge in [0.05, 0.1) is 18.2 Å². The molecule has 4 heteroatoms. The molecule has 0 radical (unpaired) electrons. The fourth-order valence-electron chi connectivity index (χ4n) is 3.52. The van der Waals surface area contributed by atoms with Gasteiger partial charge in [0.2, 0.25) is 5.91 Å². The van der Waals surface area contributed by atoms with Gasteiger partial charge in [0.25, 0.3) is 5.91 Å². The van der Waals surface area contributed by atoms with Gasteiger partial charge < -0.3 is 5.32 Å². The Labute approximate surface area is 131 Å². The number of nitrogens with zero attached hydrogens (tertiary/aromatic N) is 1. The molecule has 1 saturated heterocycles. The Bertz CT molecular complexity index is 521. The summed E-state index contributed by atoms with van der Waals surface area (Å²) in [7, 11) is 0. The summed E-state index contributed by atoms with van der Waals surface area (Å²) < 4.78 is 0. The maximum atomic E-state index is 12.6. The number of amides is 2. The van der Waals surface area contributed by atoms with Crippen LogP contribution in [0.2, 0.25) is 0 Å². The van der Waals surface area contributed by atoms with Crippen molar-refractivity contribution in [3.8, 4) is 0 Å². The lowest BCUT2D eigenvalue weighted by molar-refractivity contribution is -0.121. The normalized spacial score (nSPS) is 24.4. The van der Waals surface area contributed by atoms with E-state index in [0.717, 1.165) is 12.8 Å². The van der Waals surface area contributed by atoms with Crippen molar-refractivity contribution in [2.24, 2.45) is 0 Å². The lowest BCUT2D eigenvalue weighted by Crippen LogP contribution is -2.44. The lowest BCUT2D eigenvalue weighted by Gasteiger charge is -2.24. The SMILES string of the molecule is O=C1C[C@H](NC2CCCCCCC2)C(=O)N1c1ccccc1. The molecular formula is C18H24N2O2. The summed E-state index contributed by atoms with van der Waals surface area (Å²) >= 11 is 0. The topological polar surface area (TPSA) is 49.4 Å². The van der Waals surface area contributed by atoms with Crippen molar-refractivity contribution < 1.29 is 9.59 Å². The largest absolute Gasteiger partial charge is 0.303 e. The molecule has 1 atom stereocenters. The van der Waals surface area contributed by atoms with Gasteiger partial charge in [-0.05, 0) is 25.0 Å². The van der Waals surface area contributed by atoms with Gasteiger partial charge >= 0.3 is 0 Å². The minimum atomic E-state index is -0.350. The number of nitrogens with one attached hydrogen (secondary N) is 1. The summed E-state index contributed by atoms with van der Waals surface area (Å²) in [5.74, 6) is -0.196. The maximum Gasteiger partial charge on any atom is 0.251 e. The first-order valence-corrected chi connectivity index (χ1v) is 8.43. The van der Waals surface area contributed by atoms with Crippen LogP contribution < -0.4 is 10.2 Å². The third kappa shape index (κ3) is 3.38. The predicted octanol–water partition coefficient (Wildman–Crippen LogP) is 3.02. The highest BCUT2D eigenvalue weighted by molar-refractivity contribution is 6.22. The molecule has 4 nitrogen and oxygen atoms in total. The Morgan fingerprint density at radius 3 is 2.23 bits per heavy atom. The van der Waals surface area contributed by atoms with Crippen molar-refractivity contribution in [3.63, 3.8) is 0 Å². The molecule has 0 aromatic heterocycles. The number of hydrogen-bond donors (Lipinski definition) is 1. The summed E-state index contributed by atoms with van der Waals surface area (Å²) in [5.41, 5.74) is 0.680. The highest BCUT2D eigenvalue weighted by Gasteiger charge is 2.40. The molecule has 118 valence electrons. The molecule has 0 unspecified atom stereocenters. The Balaban J connectivity index is 1.66. The van der Waals surface area contributed by atoms with Crippen LogP contribution in [0.15, 0.2) is 30.3 Å². The molecule has 3 rings (SSSR count). The number of anilines is 1. The van der Waals surface area contributed by atoms with Crippen LogP contribution in [-0.2, 0) is 9.59 Å². The van der Waals surface area contributed by atoms with E-state index in [9.17, 15) is 9.59 Å². The van der Waals surface area contributed by atoms with Crippen LogP contribution in [0.5, 0.6) is 0 Å². The molecule has 1 heterocycles. The third-order valence-corrected chi connectivity index (χ3v) is 4.70. The summed E-state index contributed by atoms with van der Waals surface area (Å²) in [6.07, 6.45) is 8.84. The van der Waals surface area contributed by atoms with Gasteiger partial charge in [-0.1, -0.05) is 50.3 Å². The van der Waals surface area contributed by atoms with Gasteiger partial charge in [-0.15, -0.1) is 0 Å². The second-order valence-corrected chi connectivity index (χ2v) is 6.37. The molecular weight excluding hydrogens is 276 g/mol. The Morgan fingerprint density at radius 2 is 1.55 bits per heavy atom. The van der Waals surface area contributed by atoms with Gasteiger partial charge in [-0.2, -0.15) is 0 Å². The minimum Gasteiger partial charge on any atom is -0.303 e. The van der Waals surface area contributed by atoms with Crippen LogP contribution in [0.25, 0.3) is 0 Å². The van der Waals surface area contributed by atoms with Crippen LogP contribution in [0.1, 0.15) is 51.4 Å². The number of imide groups is 1. The van der Waals surface area contributed by atoms with E-state index in [-0.39, 0.29) is 24.3 Å². The number of para-hydroxylation sites is 1. The third-order valence-electron chi connectivity index (χ3n) is 4.70. The molecule has 1 N–H and O–H groups in total. The van der Waals surface area contributed by atoms with E-state index in [1.165, 1.54) is 37.0 Å². The zero-order valence-corrected chi connectivity index (χ0v) is 13.0. The molecule has 0 bridgehead atoms. The van der Waals surface area contributed by atoms with Crippen molar-refractivity contribution in [1.82, 2.24) is 5.32 Å². The Hall–Kier alpha value is -1.68. The summed E-state index contributed by atoms with van der Waals surface area (Å²) in [4.78, 5) is 26.1. The fourth-order valence-corrected chi connectivity index (χ4v) is 3.52. The molecule has 0 spiro atoms. The van der Waals surface area contributed by atoms with E-state index in [1.807, 2.05) is 30.3 Å². The van der Waals surface area contributed by atoms with E-state index >= 15 is 0 Å². The average molecular weight is 300 g/mol. The van der Waals surface area contributed by atoms with E-state index < -0.39 is 0 Å². The smallest absolute Gasteiger partial charge is 0.251 e. The van der Waals surface area contributed by atoms with Crippen LogP contribution >= 0.6 is 0 Å². The molecule has 1 aromatic rings. The second-order valence-electron chi connectivity index (χ2n) is 6.37. The second kappa shape index (κ2) is 7.05. The van der Waals surface area contributed by atoms with Gasteiger partial charge in [-0.3, -0.25) is 9.59 Å². The highest BCUT2D eigenvalue weighted by atomic mass is 16.2. The van der Waals surface area contributed by atoms with Crippen LogP contribution in [0.4, 0.5) is 5.69 Å². The van der Waals surface area contributed by atoms with E-state index in [1.54, 1.807) is 0 Å². The van der Waals surface area contributed by atoms with Crippen molar-refractivity contribution in [3.05, 3.63) is 30.3 Å². The summed E-state index contributed by atoms with van der Waals surface area (Å²) in [6.45, 7) is 0. The van der Waals surface area contributed by atoms with Crippen LogP contribution in [-0.4, -0.2) is 23.9 Å². The zero-order valence-electron chi connectivity index (χ0n) is 13.0. The molecule has 22 heavy (non-hydrogen) atoms. The van der Waals surface area contributed by atoms with Gasteiger partial charge in [0.15, 0.2) is 0 Å². The van der Waals surface area contributed by atoms with Gasteiger partial charge in [-0.25, -0.2) is 4.90 Å². The summed E-state index contributed by atoms with van der Waals surface area (Å²) in [5, 5.41) is 3.45. The average Bonchev–Trinajstić information content (AvgIpc) is 2.77. The van der Waals surface area contributed by atoms with Crippen LogP contribution in [0, 0.1) is 0 Å². The first-order valence-electron chi connectivity index (χ1n) is 8.43. The zero-order chi connectivity index (χ0) is 15.4. The Kier molecular flexibility index (Phi) is 4.88. The van der Waals surface area contributed by atoms with Crippen molar-refractivity contribution in [1.29, 1.82) is 0 Å². The highest BCUT2D eigenvalue weighted by Crippen LogP contribution is 2.24. The first kappa shape index (κ1) is 15.2. The quantitative estimate of drug-likeness (QED) is 0.873. The Morgan fingerprint density at radius 1 is 0.909 bits per heavy atom. The van der Waals surface area contributed by atoms with Crippen molar-refractivity contribution in [2.45, 2.75) is 63.5 Å². The van der Waals surface area contributed by atoms with E-state index in [0.29, 0.717) is 11.7 Å². The molecule has 1 aliphatic carbocycles. The van der Waals surface area contributed by atoms with Crippen molar-refractivity contribution in [2.75, 3.05) is 4.90 Å². The monoisotopic (exact) mass is 300 g/mol. The maximum absolute atomic E-state index is 12.6. The van der Waals surface area contributed by atoms with E-state index in [2.05, 4.69) is 5.32 Å². The van der Waals surface area contributed by atoms with Gasteiger partial charge in [0, 0.05) is 6.04 Å². The number of benzene rings is 1. The molecule has 1 saturated carbocycles.